The molecule has 14 heteroatoms. The van der Waals surface area contributed by atoms with Crippen molar-refractivity contribution in [3.05, 3.63) is 0 Å². The van der Waals surface area contributed by atoms with Crippen LogP contribution in [0.25, 0.3) is 0 Å². The number of carboxylic acid groups (broad SMARTS) is 2. The maximum absolute atomic E-state index is 10.7. The Morgan fingerprint density at radius 1 is 0.719 bits per heavy atom. The number of carbonyl (C=O) groups is 2. The highest BCUT2D eigenvalue weighted by molar-refractivity contribution is 7.52. The van der Waals surface area contributed by atoms with Crippen molar-refractivity contribution in [3.63, 3.8) is 0 Å². The highest BCUT2D eigenvalue weighted by Crippen LogP contribution is 2.37. The van der Waals surface area contributed by atoms with Gasteiger partial charge in [0.2, 0.25) is 0 Å². The van der Waals surface area contributed by atoms with E-state index < -0.39 is 39.2 Å². The molecule has 2 aliphatic rings. The third-order valence-electron chi connectivity index (χ3n) is 5.74. The van der Waals surface area contributed by atoms with Gasteiger partial charge in [-0.25, -0.2) is 0 Å². The van der Waals surface area contributed by atoms with Crippen LogP contribution < -0.4 is 10.6 Å². The summed E-state index contributed by atoms with van der Waals surface area (Å²) < 4.78 is 21.3. The van der Waals surface area contributed by atoms with Gasteiger partial charge in [-0.05, 0) is 76.3 Å². The van der Waals surface area contributed by atoms with Gasteiger partial charge in [0.05, 0.1) is 0 Å². The molecule has 0 spiro atoms. The monoisotopic (exact) mass is 502 g/mol. The molecule has 2 rings (SSSR count). The molecule has 0 aromatic rings. The first-order chi connectivity index (χ1) is 14.8. The average molecular weight is 502 g/mol. The van der Waals surface area contributed by atoms with Crippen LogP contribution in [-0.4, -0.2) is 79.2 Å². The minimum absolute atomic E-state index is 0.103. The van der Waals surface area contributed by atoms with E-state index >= 15 is 0 Å². The number of aliphatic carboxylic acids is 2. The van der Waals surface area contributed by atoms with Crippen molar-refractivity contribution in [1.82, 2.24) is 10.6 Å². The van der Waals surface area contributed by atoms with Crippen LogP contribution in [0.1, 0.15) is 51.4 Å². The third kappa shape index (κ3) is 13.6. The maximum atomic E-state index is 10.7. The van der Waals surface area contributed by atoms with E-state index in [1.165, 1.54) is 0 Å². The summed E-state index contributed by atoms with van der Waals surface area (Å²) in [6, 6.07) is -1.01. The quantitative estimate of drug-likeness (QED) is 0.195. The first-order valence-electron chi connectivity index (χ1n) is 10.8. The van der Waals surface area contributed by atoms with E-state index in [0.717, 1.165) is 12.8 Å². The van der Waals surface area contributed by atoms with Gasteiger partial charge in [-0.2, -0.15) is 0 Å². The van der Waals surface area contributed by atoms with E-state index in [-0.39, 0.29) is 24.2 Å². The summed E-state index contributed by atoms with van der Waals surface area (Å²) >= 11 is 0. The molecule has 2 aliphatic heterocycles. The fourth-order valence-electron chi connectivity index (χ4n) is 4.06. The van der Waals surface area contributed by atoms with Crippen molar-refractivity contribution >= 4 is 27.1 Å². The zero-order valence-electron chi connectivity index (χ0n) is 18.0. The Kier molecular flexibility index (Phi) is 12.6. The van der Waals surface area contributed by atoms with Gasteiger partial charge in [-0.1, -0.05) is 0 Å². The van der Waals surface area contributed by atoms with Gasteiger partial charge < -0.3 is 40.4 Å². The maximum Gasteiger partial charge on any atom is 0.325 e. The lowest BCUT2D eigenvalue weighted by Crippen LogP contribution is -2.43. The highest BCUT2D eigenvalue weighted by Gasteiger charge is 2.27. The van der Waals surface area contributed by atoms with Gasteiger partial charge in [0.1, 0.15) is 12.1 Å². The van der Waals surface area contributed by atoms with E-state index in [2.05, 4.69) is 10.6 Å². The minimum Gasteiger partial charge on any atom is -0.480 e. The lowest BCUT2D eigenvalue weighted by molar-refractivity contribution is -0.141. The second-order valence-corrected chi connectivity index (χ2v) is 12.1. The van der Waals surface area contributed by atoms with Crippen LogP contribution in [0.4, 0.5) is 0 Å². The van der Waals surface area contributed by atoms with Crippen LogP contribution in [0, 0.1) is 11.8 Å². The Morgan fingerprint density at radius 2 is 1.06 bits per heavy atom. The normalized spacial score (nSPS) is 26.6. The van der Waals surface area contributed by atoms with Gasteiger partial charge >= 0.3 is 27.1 Å². The highest BCUT2D eigenvalue weighted by atomic mass is 31.2. The molecule has 0 aliphatic carbocycles. The zero-order chi connectivity index (χ0) is 24.4. The summed E-state index contributed by atoms with van der Waals surface area (Å²) in [5.74, 6) is -1.18. The second kappa shape index (κ2) is 13.8. The first kappa shape index (κ1) is 29.2. The van der Waals surface area contributed by atoms with Crippen molar-refractivity contribution in [2.24, 2.45) is 11.8 Å². The number of hydrogen-bond donors (Lipinski definition) is 8. The molecule has 32 heavy (non-hydrogen) atoms. The largest absolute Gasteiger partial charge is 0.480 e. The number of nitrogens with one attached hydrogen (secondary N) is 2. The van der Waals surface area contributed by atoms with Gasteiger partial charge in [0.15, 0.2) is 0 Å². The molecule has 0 saturated carbocycles. The molecule has 0 aromatic carbocycles. The van der Waals surface area contributed by atoms with E-state index in [1.807, 2.05) is 0 Å². The van der Waals surface area contributed by atoms with Gasteiger partial charge in [0.25, 0.3) is 0 Å². The molecule has 0 aromatic heterocycles. The molecule has 8 N–H and O–H groups in total. The molecule has 12 nitrogen and oxygen atoms in total. The Balaban J connectivity index is 0.000000320. The van der Waals surface area contributed by atoms with E-state index in [0.29, 0.717) is 51.6 Å². The number of hydrogen-bond acceptors (Lipinski definition) is 6. The fourth-order valence-corrected chi connectivity index (χ4v) is 5.25. The number of carboxylic acids is 2. The Labute approximate surface area is 187 Å². The summed E-state index contributed by atoms with van der Waals surface area (Å²) in [5, 5.41) is 23.5. The predicted octanol–water partition coefficient (Wildman–Crippen LogP) is 0.794. The molecular formula is C18H36N2O10P2. The van der Waals surface area contributed by atoms with E-state index in [1.54, 1.807) is 0 Å². The molecule has 0 bridgehead atoms. The van der Waals surface area contributed by atoms with Crippen LogP contribution in [0.3, 0.4) is 0 Å². The molecular weight excluding hydrogens is 466 g/mol. The van der Waals surface area contributed by atoms with Gasteiger partial charge in [-0.15, -0.1) is 0 Å². The van der Waals surface area contributed by atoms with Crippen molar-refractivity contribution in [3.8, 4) is 0 Å². The summed E-state index contributed by atoms with van der Waals surface area (Å²) in [4.78, 5) is 56.3. The van der Waals surface area contributed by atoms with E-state index in [9.17, 15) is 18.7 Å². The molecule has 0 radical (unpaired) electrons. The van der Waals surface area contributed by atoms with Gasteiger partial charge in [-0.3, -0.25) is 18.7 Å². The SMILES string of the molecule is O=C(O)C1CC(CCCP(=O)(O)O)CCN1.O=C(O)C1CC(CCCP(=O)(O)O)CCN1. The predicted molar refractivity (Wildman–Crippen MR) is 117 cm³/mol. The molecule has 4 unspecified atom stereocenters. The number of piperidine rings is 2. The molecule has 4 atom stereocenters. The fraction of sp³-hybridized carbons (Fsp3) is 0.889. The summed E-state index contributed by atoms with van der Waals surface area (Å²) in [5.41, 5.74) is 0. The summed E-state index contributed by atoms with van der Waals surface area (Å²) in [7, 11) is -7.80. The standard InChI is InChI=1S/2C9H18NO5P/c2*11-9(12)8-6-7(3-4-10-8)2-1-5-16(13,14)15/h2*7-8,10H,1-6H2,(H,11,12)(H2,13,14,15). The molecule has 0 amide bonds. The molecule has 2 heterocycles. The van der Waals surface area contributed by atoms with Gasteiger partial charge in [0, 0.05) is 12.3 Å². The molecule has 2 fully saturated rings. The minimum atomic E-state index is -3.90. The molecule has 2 saturated heterocycles. The second-order valence-electron chi connectivity index (χ2n) is 8.53. The van der Waals surface area contributed by atoms with Crippen LogP contribution in [0.15, 0.2) is 0 Å². The molecule has 188 valence electrons. The smallest absolute Gasteiger partial charge is 0.325 e. The Bertz CT molecular complexity index is 637. The van der Waals surface area contributed by atoms with Crippen LogP contribution in [0.2, 0.25) is 0 Å². The van der Waals surface area contributed by atoms with Crippen molar-refractivity contribution < 1.29 is 48.5 Å². The van der Waals surface area contributed by atoms with Crippen molar-refractivity contribution in [2.45, 2.75) is 63.5 Å². The Morgan fingerprint density at radius 3 is 1.34 bits per heavy atom. The topological polar surface area (TPSA) is 214 Å². The third-order valence-corrected chi connectivity index (χ3v) is 7.54. The summed E-state index contributed by atoms with van der Waals surface area (Å²) in [6.07, 6.45) is 4.96. The van der Waals surface area contributed by atoms with Crippen molar-refractivity contribution in [2.75, 3.05) is 25.4 Å². The zero-order valence-corrected chi connectivity index (χ0v) is 19.8. The summed E-state index contributed by atoms with van der Waals surface area (Å²) in [6.45, 7) is 1.33. The lowest BCUT2D eigenvalue weighted by atomic mass is 9.89. The van der Waals surface area contributed by atoms with Crippen LogP contribution in [0.5, 0.6) is 0 Å². The van der Waals surface area contributed by atoms with Crippen molar-refractivity contribution in [1.29, 1.82) is 0 Å². The van der Waals surface area contributed by atoms with Crippen LogP contribution >= 0.6 is 15.2 Å². The average Bonchev–Trinajstić information content (AvgIpc) is 2.67. The van der Waals surface area contributed by atoms with E-state index in [4.69, 9.17) is 29.8 Å². The van der Waals surface area contributed by atoms with Crippen LogP contribution in [-0.2, 0) is 18.7 Å². The Hall–Kier alpha value is -0.840. The first-order valence-corrected chi connectivity index (χ1v) is 14.4. The lowest BCUT2D eigenvalue weighted by Gasteiger charge is -2.27. The number of rotatable bonds is 10.